The zero-order valence-electron chi connectivity index (χ0n) is 23.7. The van der Waals surface area contributed by atoms with Gasteiger partial charge in [0.2, 0.25) is 33.6 Å². The number of hydrogen-bond acceptors (Lipinski definition) is 9. The Labute approximate surface area is 231 Å². The molecule has 0 bridgehead atoms. The maximum absolute atomic E-state index is 13.5. The molecule has 39 heavy (non-hydrogen) atoms. The average Bonchev–Trinajstić information content (AvgIpc) is 3.31. The van der Waals surface area contributed by atoms with Crippen LogP contribution in [0, 0.1) is 13.8 Å². The van der Waals surface area contributed by atoms with Crippen LogP contribution in [0.1, 0.15) is 38.1 Å². The minimum Gasteiger partial charge on any atom is -0.353 e. The fourth-order valence-corrected chi connectivity index (χ4v) is 5.44. The molecule has 2 N–H and O–H groups in total. The van der Waals surface area contributed by atoms with Crippen molar-refractivity contribution in [1.82, 2.24) is 30.0 Å². The molecular formula is C26H41N7O5S. The van der Waals surface area contributed by atoms with Crippen molar-refractivity contribution in [2.75, 3.05) is 57.5 Å². The smallest absolute Gasteiger partial charge is 0.242 e. The Morgan fingerprint density at radius 2 is 1.85 bits per heavy atom. The Kier molecular flexibility index (Phi) is 10.4. The number of sulfonamides is 1. The van der Waals surface area contributed by atoms with E-state index in [1.807, 2.05) is 39.0 Å². The van der Waals surface area contributed by atoms with Crippen LogP contribution in [0.5, 0.6) is 0 Å². The highest BCUT2D eigenvalue weighted by Gasteiger charge is 2.30. The molecule has 216 valence electrons. The second-order valence-corrected chi connectivity index (χ2v) is 12.3. The van der Waals surface area contributed by atoms with Gasteiger partial charge in [-0.3, -0.25) is 9.59 Å². The fourth-order valence-electron chi connectivity index (χ4n) is 4.56. The predicted molar refractivity (Wildman–Crippen MR) is 150 cm³/mol. The summed E-state index contributed by atoms with van der Waals surface area (Å²) in [5, 5.41) is 10.2. The molecule has 1 saturated heterocycles. The highest BCUT2D eigenvalue weighted by Crippen LogP contribution is 2.27. The standard InChI is InChI=1S/C26H41N7O5S/c1-18(2)27-11-12-28-24(34)16-32(23-15-21(8-7-19(23)3)26-29-20(4)38-30-26)17-25(35)31(5)22-9-13-33(14-10-22)39(6,36)37/h7-8,15,18,22,27H,9-14,16-17H2,1-6H3,(H,28,34). The topological polar surface area (TPSA) is 141 Å². The minimum atomic E-state index is -3.25. The van der Waals surface area contributed by atoms with Crippen molar-refractivity contribution in [2.24, 2.45) is 0 Å². The van der Waals surface area contributed by atoms with Gasteiger partial charge in [0.15, 0.2) is 0 Å². The van der Waals surface area contributed by atoms with Crippen molar-refractivity contribution in [3.05, 3.63) is 29.7 Å². The molecule has 0 unspecified atom stereocenters. The Morgan fingerprint density at radius 1 is 1.15 bits per heavy atom. The van der Waals surface area contributed by atoms with Crippen LogP contribution in [-0.2, 0) is 19.6 Å². The van der Waals surface area contributed by atoms with Crippen LogP contribution in [0.4, 0.5) is 5.69 Å². The van der Waals surface area contributed by atoms with Gasteiger partial charge in [0, 0.05) is 63.5 Å². The summed E-state index contributed by atoms with van der Waals surface area (Å²) >= 11 is 0. The largest absolute Gasteiger partial charge is 0.353 e. The van der Waals surface area contributed by atoms with Crippen molar-refractivity contribution in [3.8, 4) is 11.4 Å². The average molecular weight is 564 g/mol. The number of rotatable bonds is 12. The van der Waals surface area contributed by atoms with Gasteiger partial charge < -0.3 is 25.0 Å². The van der Waals surface area contributed by atoms with Gasteiger partial charge in [-0.15, -0.1) is 0 Å². The highest BCUT2D eigenvalue weighted by atomic mass is 32.2. The van der Waals surface area contributed by atoms with Gasteiger partial charge in [-0.05, 0) is 31.4 Å². The Morgan fingerprint density at radius 3 is 2.44 bits per heavy atom. The molecule has 2 heterocycles. The second kappa shape index (κ2) is 13.4. The van der Waals surface area contributed by atoms with Crippen LogP contribution in [0.25, 0.3) is 11.4 Å². The quantitative estimate of drug-likeness (QED) is 0.364. The molecule has 1 aromatic carbocycles. The minimum absolute atomic E-state index is 0.0106. The first-order valence-corrected chi connectivity index (χ1v) is 15.1. The Hall–Kier alpha value is -3.03. The van der Waals surface area contributed by atoms with E-state index < -0.39 is 10.0 Å². The van der Waals surface area contributed by atoms with Crippen LogP contribution in [0.3, 0.4) is 0 Å². The molecule has 2 amide bonds. The number of benzene rings is 1. The first-order chi connectivity index (χ1) is 18.3. The summed E-state index contributed by atoms with van der Waals surface area (Å²) in [7, 11) is -1.51. The number of likely N-dealkylation sites (N-methyl/N-ethyl adjacent to an activating group) is 1. The number of anilines is 1. The lowest BCUT2D eigenvalue weighted by atomic mass is 10.0. The number of aryl methyl sites for hydroxylation is 2. The normalized spacial score (nSPS) is 14.9. The Bertz CT molecular complexity index is 1240. The number of hydrogen-bond donors (Lipinski definition) is 2. The monoisotopic (exact) mass is 563 g/mol. The molecule has 3 rings (SSSR count). The molecule has 0 radical (unpaired) electrons. The van der Waals surface area contributed by atoms with Gasteiger partial charge in [-0.2, -0.15) is 4.98 Å². The third-order valence-corrected chi connectivity index (χ3v) is 8.13. The molecule has 1 aliphatic heterocycles. The van der Waals surface area contributed by atoms with Gasteiger partial charge in [-0.25, -0.2) is 12.7 Å². The molecule has 1 fully saturated rings. The number of aromatic nitrogens is 2. The van der Waals surface area contributed by atoms with Crippen molar-refractivity contribution in [3.63, 3.8) is 0 Å². The molecule has 2 aromatic rings. The van der Waals surface area contributed by atoms with E-state index in [-0.39, 0.29) is 30.9 Å². The van der Waals surface area contributed by atoms with Gasteiger partial charge in [0.1, 0.15) is 0 Å². The maximum Gasteiger partial charge on any atom is 0.242 e. The molecule has 0 atom stereocenters. The van der Waals surface area contributed by atoms with Crippen LogP contribution in [0.2, 0.25) is 0 Å². The van der Waals surface area contributed by atoms with E-state index in [0.717, 1.165) is 11.3 Å². The summed E-state index contributed by atoms with van der Waals surface area (Å²) in [6.45, 7) is 9.56. The van der Waals surface area contributed by atoms with E-state index in [0.29, 0.717) is 62.3 Å². The molecule has 13 heteroatoms. The van der Waals surface area contributed by atoms with E-state index in [1.165, 1.54) is 10.6 Å². The zero-order chi connectivity index (χ0) is 28.7. The Balaban J connectivity index is 1.77. The first-order valence-electron chi connectivity index (χ1n) is 13.2. The van der Waals surface area contributed by atoms with Crippen molar-refractivity contribution in [1.29, 1.82) is 0 Å². The highest BCUT2D eigenvalue weighted by molar-refractivity contribution is 7.88. The molecule has 0 spiro atoms. The number of nitrogens with zero attached hydrogens (tertiary/aromatic N) is 5. The third kappa shape index (κ3) is 8.73. The fraction of sp³-hybridized carbons (Fsp3) is 0.615. The molecule has 1 aliphatic rings. The zero-order valence-corrected chi connectivity index (χ0v) is 24.5. The molecule has 12 nitrogen and oxygen atoms in total. The van der Waals surface area contributed by atoms with Gasteiger partial charge in [0.05, 0.1) is 19.3 Å². The van der Waals surface area contributed by atoms with Gasteiger partial charge in [0.25, 0.3) is 0 Å². The van der Waals surface area contributed by atoms with Crippen LogP contribution < -0.4 is 15.5 Å². The molecular weight excluding hydrogens is 522 g/mol. The molecule has 0 aliphatic carbocycles. The van der Waals surface area contributed by atoms with Gasteiger partial charge >= 0.3 is 0 Å². The summed E-state index contributed by atoms with van der Waals surface area (Å²) in [6.07, 6.45) is 2.32. The lowest BCUT2D eigenvalue weighted by molar-refractivity contribution is -0.131. The number of carbonyl (C=O) groups is 2. The van der Waals surface area contributed by atoms with Crippen LogP contribution in [0.15, 0.2) is 22.7 Å². The van der Waals surface area contributed by atoms with Crippen molar-refractivity contribution >= 4 is 27.5 Å². The van der Waals surface area contributed by atoms with E-state index >= 15 is 0 Å². The molecule has 1 aromatic heterocycles. The SMILES string of the molecule is Cc1nc(-c2ccc(C)c(N(CC(=O)NCCNC(C)C)CC(=O)N(C)C3CCN(S(C)(=O)=O)CC3)c2)no1. The number of nitrogens with one attached hydrogen (secondary N) is 2. The van der Waals surface area contributed by atoms with Gasteiger partial charge in [-0.1, -0.05) is 31.1 Å². The van der Waals surface area contributed by atoms with E-state index in [4.69, 9.17) is 4.52 Å². The number of carbonyl (C=O) groups excluding carboxylic acids is 2. The summed E-state index contributed by atoms with van der Waals surface area (Å²) in [5.74, 6) is 0.524. The van der Waals surface area contributed by atoms with E-state index in [9.17, 15) is 18.0 Å². The van der Waals surface area contributed by atoms with Crippen LogP contribution >= 0.6 is 0 Å². The summed E-state index contributed by atoms with van der Waals surface area (Å²) < 4.78 is 30.3. The maximum atomic E-state index is 13.5. The van der Waals surface area contributed by atoms with E-state index in [1.54, 1.807) is 23.8 Å². The lowest BCUT2D eigenvalue weighted by Gasteiger charge is -2.37. The summed E-state index contributed by atoms with van der Waals surface area (Å²) in [5.41, 5.74) is 2.33. The predicted octanol–water partition coefficient (Wildman–Crippen LogP) is 1.16. The third-order valence-electron chi connectivity index (χ3n) is 6.83. The number of amides is 2. The second-order valence-electron chi connectivity index (χ2n) is 10.4. The summed E-state index contributed by atoms with van der Waals surface area (Å²) in [6, 6.07) is 5.88. The summed E-state index contributed by atoms with van der Waals surface area (Å²) in [4.78, 5) is 34.1. The van der Waals surface area contributed by atoms with Crippen LogP contribution in [-0.4, -0.2) is 104 Å². The van der Waals surface area contributed by atoms with E-state index in [2.05, 4.69) is 20.8 Å². The first kappa shape index (κ1) is 30.5. The van der Waals surface area contributed by atoms with Crippen molar-refractivity contribution in [2.45, 2.75) is 52.6 Å². The molecule has 0 saturated carbocycles. The van der Waals surface area contributed by atoms with Crippen molar-refractivity contribution < 1.29 is 22.5 Å². The lowest BCUT2D eigenvalue weighted by Crippen LogP contribution is -2.50. The number of piperidine rings is 1.